The van der Waals surface area contributed by atoms with Gasteiger partial charge in [0, 0.05) is 26.1 Å². The molecule has 2 aromatic carbocycles. The zero-order valence-electron chi connectivity index (χ0n) is 18.5. The van der Waals surface area contributed by atoms with Crippen LogP contribution in [0.1, 0.15) is 24.9 Å². The predicted molar refractivity (Wildman–Crippen MR) is 133 cm³/mol. The molecule has 174 valence electrons. The van der Waals surface area contributed by atoms with Crippen molar-refractivity contribution in [2.24, 2.45) is 4.99 Å². The number of hydrogen-bond acceptors (Lipinski definition) is 4. The molecule has 1 aliphatic heterocycles. The molecule has 0 saturated carbocycles. The zero-order valence-corrected chi connectivity index (χ0v) is 20.8. The summed E-state index contributed by atoms with van der Waals surface area (Å²) in [5, 5.41) is 6.61. The number of guanidine groups is 1. The fourth-order valence-corrected chi connectivity index (χ4v) is 3.14. The van der Waals surface area contributed by atoms with Gasteiger partial charge >= 0.3 is 0 Å². The van der Waals surface area contributed by atoms with Gasteiger partial charge in [-0.05, 0) is 25.1 Å². The van der Waals surface area contributed by atoms with Crippen LogP contribution in [0, 0.1) is 5.82 Å². The molecule has 1 heterocycles. The minimum Gasteiger partial charge on any atom is -0.493 e. The van der Waals surface area contributed by atoms with Crippen molar-refractivity contribution in [1.29, 1.82) is 0 Å². The quantitative estimate of drug-likeness (QED) is 0.311. The van der Waals surface area contributed by atoms with E-state index in [1.54, 1.807) is 32.3 Å². The highest BCUT2D eigenvalue weighted by atomic mass is 127. The smallest absolute Gasteiger partial charge is 0.243 e. The van der Waals surface area contributed by atoms with E-state index in [9.17, 15) is 9.18 Å². The summed E-state index contributed by atoms with van der Waals surface area (Å²) in [4.78, 5) is 18.0. The van der Waals surface area contributed by atoms with Gasteiger partial charge in [-0.3, -0.25) is 4.79 Å². The highest BCUT2D eigenvalue weighted by molar-refractivity contribution is 14.0. The van der Waals surface area contributed by atoms with Gasteiger partial charge < -0.3 is 25.0 Å². The van der Waals surface area contributed by atoms with E-state index in [1.807, 2.05) is 31.2 Å². The monoisotopic (exact) mass is 556 g/mol. The van der Waals surface area contributed by atoms with Gasteiger partial charge in [0.2, 0.25) is 5.91 Å². The summed E-state index contributed by atoms with van der Waals surface area (Å²) in [5.74, 6) is 1.01. The fourth-order valence-electron chi connectivity index (χ4n) is 3.14. The molecule has 1 aliphatic rings. The molecule has 0 bridgehead atoms. The molecule has 0 saturated heterocycles. The summed E-state index contributed by atoms with van der Waals surface area (Å²) in [7, 11) is 3.38. The zero-order chi connectivity index (χ0) is 22.2. The van der Waals surface area contributed by atoms with Gasteiger partial charge in [-0.2, -0.15) is 0 Å². The Bertz CT molecular complexity index is 926. The Morgan fingerprint density at radius 3 is 2.72 bits per heavy atom. The maximum atomic E-state index is 13.8. The number of carbonyl (C=O) groups is 1. The van der Waals surface area contributed by atoms with Gasteiger partial charge in [0.1, 0.15) is 18.4 Å². The molecule has 9 heteroatoms. The number of halogens is 2. The van der Waals surface area contributed by atoms with Crippen molar-refractivity contribution >= 4 is 35.8 Å². The molecule has 0 fully saturated rings. The Labute approximate surface area is 205 Å². The number of benzene rings is 2. The molecule has 1 amide bonds. The second-order valence-corrected chi connectivity index (χ2v) is 7.56. The van der Waals surface area contributed by atoms with Crippen molar-refractivity contribution in [2.45, 2.75) is 25.5 Å². The van der Waals surface area contributed by atoms with Gasteiger partial charge in [0.05, 0.1) is 19.2 Å². The number of ether oxygens (including phenoxy) is 2. The molecule has 0 aliphatic carbocycles. The largest absolute Gasteiger partial charge is 0.493 e. The molecule has 32 heavy (non-hydrogen) atoms. The van der Waals surface area contributed by atoms with Crippen LogP contribution >= 0.6 is 24.0 Å². The number of rotatable bonds is 7. The number of aliphatic imine (C=N–C) groups is 1. The van der Waals surface area contributed by atoms with E-state index in [0.717, 1.165) is 17.7 Å². The summed E-state index contributed by atoms with van der Waals surface area (Å²) in [6.07, 6.45) is 0.441. The van der Waals surface area contributed by atoms with Crippen molar-refractivity contribution in [3.8, 4) is 11.5 Å². The highest BCUT2D eigenvalue weighted by Crippen LogP contribution is 2.31. The third-order valence-corrected chi connectivity index (χ3v) is 4.86. The third kappa shape index (κ3) is 7.25. The molecule has 2 aromatic rings. The molecule has 7 nitrogen and oxygen atoms in total. The molecule has 2 N–H and O–H groups in total. The Balaban J connectivity index is 0.00000363. The fraction of sp³-hybridized carbons (Fsp3) is 0.391. The van der Waals surface area contributed by atoms with Crippen LogP contribution in [0.4, 0.5) is 4.39 Å². The standard InChI is InChI=1S/C23H29FN4O3.HI/c1-16(31-21-11-7-5-9-18(21)24)14-25-23(26-15-22(29)28(2)3)27-19-12-13-30-20-10-6-4-8-17(19)20;/h4-11,16,19H,12-15H2,1-3H3,(H2,25,26,27);1H. The first-order chi connectivity index (χ1) is 14.9. The van der Waals surface area contributed by atoms with E-state index in [0.29, 0.717) is 19.1 Å². The summed E-state index contributed by atoms with van der Waals surface area (Å²) in [6, 6.07) is 14.1. The van der Waals surface area contributed by atoms with Crippen molar-refractivity contribution in [3.05, 3.63) is 59.9 Å². The lowest BCUT2D eigenvalue weighted by molar-refractivity contribution is -0.127. The minimum absolute atomic E-state index is 0. The number of amides is 1. The van der Waals surface area contributed by atoms with Gasteiger partial charge in [-0.25, -0.2) is 9.38 Å². The number of carbonyl (C=O) groups excluding carboxylic acids is 1. The average molecular weight is 556 g/mol. The maximum Gasteiger partial charge on any atom is 0.243 e. The number of hydrogen-bond donors (Lipinski definition) is 2. The SMILES string of the molecule is CC(CNC(=NCC(=O)N(C)C)NC1CCOc2ccccc21)Oc1ccccc1F.I. The topological polar surface area (TPSA) is 75.2 Å². The van der Waals surface area contributed by atoms with E-state index in [-0.39, 0.29) is 54.3 Å². The van der Waals surface area contributed by atoms with E-state index < -0.39 is 5.82 Å². The first-order valence-electron chi connectivity index (χ1n) is 10.3. The Hall–Kier alpha value is -2.56. The summed E-state index contributed by atoms with van der Waals surface area (Å²) >= 11 is 0. The highest BCUT2D eigenvalue weighted by Gasteiger charge is 2.22. The average Bonchev–Trinajstić information content (AvgIpc) is 2.77. The number of para-hydroxylation sites is 2. The number of fused-ring (bicyclic) bond motifs is 1. The lowest BCUT2D eigenvalue weighted by Crippen LogP contribution is -2.44. The van der Waals surface area contributed by atoms with Crippen LogP contribution < -0.4 is 20.1 Å². The van der Waals surface area contributed by atoms with E-state index >= 15 is 0 Å². The van der Waals surface area contributed by atoms with Crippen molar-refractivity contribution in [1.82, 2.24) is 15.5 Å². The third-order valence-electron chi connectivity index (χ3n) is 4.86. The maximum absolute atomic E-state index is 13.8. The normalized spacial score (nSPS) is 16.0. The van der Waals surface area contributed by atoms with Crippen molar-refractivity contribution in [3.63, 3.8) is 0 Å². The molecule has 0 spiro atoms. The molecular formula is C23H30FIN4O3. The minimum atomic E-state index is -0.406. The van der Waals surface area contributed by atoms with E-state index in [2.05, 4.69) is 15.6 Å². The van der Waals surface area contributed by atoms with Crippen LogP contribution in [0.2, 0.25) is 0 Å². The van der Waals surface area contributed by atoms with Crippen molar-refractivity contribution in [2.75, 3.05) is 33.8 Å². The first kappa shape index (κ1) is 25.7. The van der Waals surface area contributed by atoms with Crippen molar-refractivity contribution < 1.29 is 18.7 Å². The number of nitrogens with zero attached hydrogens (tertiary/aromatic N) is 2. The Morgan fingerprint density at radius 1 is 1.25 bits per heavy atom. The number of likely N-dealkylation sites (N-methyl/N-ethyl adjacent to an activating group) is 1. The lowest BCUT2D eigenvalue weighted by atomic mass is 10.0. The van der Waals surface area contributed by atoms with Crippen LogP contribution in [0.25, 0.3) is 0 Å². The second kappa shape index (κ2) is 12.5. The Kier molecular flexibility index (Phi) is 10.0. The summed E-state index contributed by atoms with van der Waals surface area (Å²) < 4.78 is 25.3. The van der Waals surface area contributed by atoms with E-state index in [1.165, 1.54) is 11.0 Å². The van der Waals surface area contributed by atoms with Gasteiger partial charge in [0.25, 0.3) is 0 Å². The summed E-state index contributed by atoms with van der Waals surface area (Å²) in [5.41, 5.74) is 1.04. The van der Waals surface area contributed by atoms with Crippen LogP contribution in [0.5, 0.6) is 11.5 Å². The first-order valence-corrected chi connectivity index (χ1v) is 10.3. The molecule has 2 atom stereocenters. The molecule has 2 unspecified atom stereocenters. The van der Waals surface area contributed by atoms with Crippen LogP contribution in [-0.2, 0) is 4.79 Å². The molecule has 0 radical (unpaired) electrons. The van der Waals surface area contributed by atoms with Gasteiger partial charge in [-0.15, -0.1) is 24.0 Å². The molecular weight excluding hydrogens is 526 g/mol. The molecule has 0 aromatic heterocycles. The summed E-state index contributed by atoms with van der Waals surface area (Å²) in [6.45, 7) is 2.81. The van der Waals surface area contributed by atoms with Gasteiger partial charge in [0.15, 0.2) is 17.5 Å². The predicted octanol–water partition coefficient (Wildman–Crippen LogP) is 3.36. The Morgan fingerprint density at radius 2 is 1.97 bits per heavy atom. The second-order valence-electron chi connectivity index (χ2n) is 7.56. The van der Waals surface area contributed by atoms with Crippen LogP contribution in [0.3, 0.4) is 0 Å². The van der Waals surface area contributed by atoms with Crippen LogP contribution in [0.15, 0.2) is 53.5 Å². The number of nitrogens with one attached hydrogen (secondary N) is 2. The van der Waals surface area contributed by atoms with Gasteiger partial charge in [-0.1, -0.05) is 30.3 Å². The molecule has 3 rings (SSSR count). The van der Waals surface area contributed by atoms with Crippen LogP contribution in [-0.4, -0.2) is 56.7 Å². The lowest BCUT2D eigenvalue weighted by Gasteiger charge is -2.28. The van der Waals surface area contributed by atoms with E-state index in [4.69, 9.17) is 9.47 Å².